The summed E-state index contributed by atoms with van der Waals surface area (Å²) in [6, 6.07) is -7.15. The second-order valence-corrected chi connectivity index (χ2v) is 32.5. The smallest absolute Gasteiger partial charge is 0.364 e. The van der Waals surface area contributed by atoms with E-state index in [1.807, 2.05) is 0 Å². The van der Waals surface area contributed by atoms with Crippen LogP contribution in [-0.2, 0) is 114 Å². The number of ether oxygens (including phenoxy) is 19. The molecule has 0 aromatic rings. The first kappa shape index (κ1) is 106. The van der Waals surface area contributed by atoms with Crippen molar-refractivity contribution in [2.75, 3.05) is 66.1 Å². The highest BCUT2D eigenvalue weighted by atomic mass is 16.8. The summed E-state index contributed by atoms with van der Waals surface area (Å²) in [7, 11) is 0. The first-order valence-electron chi connectivity index (χ1n) is 40.8. The number of rotatable bonds is 35. The zero-order valence-electron chi connectivity index (χ0n) is 68.9. The molecule has 0 bridgehead atoms. The van der Waals surface area contributed by atoms with Crippen LogP contribution in [0.15, 0.2) is 0 Å². The fourth-order valence-corrected chi connectivity index (χ4v) is 16.5. The van der Waals surface area contributed by atoms with Crippen LogP contribution >= 0.6 is 0 Å². The van der Waals surface area contributed by atoms with Crippen LogP contribution in [0.1, 0.15) is 34.1 Å². The van der Waals surface area contributed by atoms with Crippen molar-refractivity contribution in [1.82, 2.24) is 21.3 Å². The first-order valence-corrected chi connectivity index (χ1v) is 40.8. The lowest BCUT2D eigenvalue weighted by Crippen LogP contribution is -2.71. The largest absolute Gasteiger partial charge is 0.477 e. The van der Waals surface area contributed by atoms with Crippen molar-refractivity contribution in [3.63, 3.8) is 0 Å². The fourth-order valence-electron chi connectivity index (χ4n) is 16.5. The molecular weight excluding hydrogens is 1770 g/mol. The minimum Gasteiger partial charge on any atom is -0.477 e. The summed E-state index contributed by atoms with van der Waals surface area (Å²) in [6.07, 6.45) is -99.9. The van der Waals surface area contributed by atoms with E-state index in [1.54, 1.807) is 0 Å². The van der Waals surface area contributed by atoms with Gasteiger partial charge in [0.25, 0.3) is 5.79 Å². The summed E-state index contributed by atoms with van der Waals surface area (Å²) in [5.74, 6) is -8.94. The van der Waals surface area contributed by atoms with Crippen LogP contribution in [0.5, 0.6) is 0 Å². The Hall–Kier alpha value is -4.57. The number of carbonyl (C=O) groups is 5. The number of carboxylic acid groups (broad SMARTS) is 1. The number of amides is 4. The third-order valence-electron chi connectivity index (χ3n) is 23.4. The SMILES string of the molecule is CC(=O)N[C@H]1[C@H](O[C@H]2[C@H](O)[C@@H](NC(C)=O)C(O)O[C@@H]2CO)O[C@H](CO)[C@@H](O[C@@H]2O[C@H](CO[C@H]3O[C@H](CO[C@H]4O[C@H](CO[C@@H]5O[C@H](CO)[C@@H](O[C@@H]6O[C@H](CO)[C@H](O)[C@H](O[C@]7(C(=O)O)C[C@H](O)[C@@H](NC(C)=O)[C@H]([C@H](O)[C@H](O)CO)O7)[C@H]6O)[C@H](O)[C@H]5NC(C)=O)[C@@H](O)[C@H](O)[C@@H]4O)[C@@H](O)[C@H](O[C@H]4O[C@H](CO)[C@@H](O)[C@H](O)[C@@H]4O)[C@@H]3O)[C@@H](O)[C@H](O[C@H]3O[C@H](CO)[C@@H](O)[C@H](O)[C@@H]3O)[C@@H]2O)[C@@H]1O. The standard InChI is InChI=1S/C71H118N4O54/c1-16(83)72-31-20(87)5-71(70(109)110,128-57(31)35(89)21(88)6-76)129-60-39(93)24(9-79)117-69(53(60)107)125-55-26(11-81)118-62(33(43(55)97)74-18(3)85)111-13-28-38(92)47(101)48(102)64(120-28)112-14-29-40(94)58(126-66-49(103)45(99)36(90)22(7-77)115-66)51(105)65(121-29)113-15-30-41(95)59(127-67-50(104)46(100)37(91)23(8-78)116-67)52(106)68(122-30)124-56-27(12-82)119-63(34(44(56)98)75-19(4)86)123-54-25(10-80)114-61(108)32(42(54)96)73-17(2)84/h20-69,76-82,87-108H,5-15H2,1-4H3,(H,72,83)(H,73,84)(H,74,85)(H,75,86)(H,109,110)/t20-,21+,22+,23+,24+,25+,26+,27+,28+,29+,30+,31+,32+,33+,34+,35+,36+,37+,38+,39-,40+,41+,42+,43+,44+,45-,46-,47-,48-,49-,50-,51-,52-,53+,54+,55+,56+,57+,58-,59-,60-,61?,62+,63-,64-,65-,66+,67+,68-,69-,71-/m0/s1. The molecule has 51 atom stereocenters. The molecule has 10 rings (SSSR count). The van der Waals surface area contributed by atoms with Gasteiger partial charge in [-0.05, 0) is 0 Å². The van der Waals surface area contributed by atoms with E-state index in [0.29, 0.717) is 0 Å². The van der Waals surface area contributed by atoms with Gasteiger partial charge in [-0.3, -0.25) is 19.2 Å². The number of carboxylic acids is 1. The van der Waals surface area contributed by atoms with Crippen molar-refractivity contribution in [3.8, 4) is 0 Å². The van der Waals surface area contributed by atoms with E-state index in [9.17, 15) is 177 Å². The van der Waals surface area contributed by atoms with Crippen LogP contribution in [0.4, 0.5) is 0 Å². The van der Waals surface area contributed by atoms with Gasteiger partial charge in [-0.25, -0.2) is 4.79 Å². The highest BCUT2D eigenvalue weighted by molar-refractivity contribution is 5.77. The molecule has 10 aliphatic rings. The second-order valence-electron chi connectivity index (χ2n) is 32.5. The molecule has 129 heavy (non-hydrogen) atoms. The molecule has 0 aromatic carbocycles. The molecule has 58 nitrogen and oxygen atoms in total. The molecule has 0 saturated carbocycles. The quantitative estimate of drug-likeness (QED) is 0.0280. The maximum Gasteiger partial charge on any atom is 0.364 e. The number of carbonyl (C=O) groups excluding carboxylic acids is 4. The summed E-state index contributed by atoms with van der Waals surface area (Å²) >= 11 is 0. The monoisotopic (exact) mass is 1890 g/mol. The van der Waals surface area contributed by atoms with E-state index >= 15 is 0 Å². The molecule has 58 heteroatoms. The van der Waals surface area contributed by atoms with Crippen LogP contribution in [-0.4, -0.2) is 561 Å². The summed E-state index contributed by atoms with van der Waals surface area (Å²) in [4.78, 5) is 63.2. The molecular formula is C71H118N4O54. The lowest BCUT2D eigenvalue weighted by Gasteiger charge is -2.51. The molecule has 746 valence electrons. The van der Waals surface area contributed by atoms with E-state index in [0.717, 1.165) is 27.7 Å². The third-order valence-corrected chi connectivity index (χ3v) is 23.4. The van der Waals surface area contributed by atoms with Gasteiger partial charge < -0.3 is 264 Å². The number of hydrogen-bond acceptors (Lipinski definition) is 53. The summed E-state index contributed by atoms with van der Waals surface area (Å²) in [5, 5.41) is 342. The molecule has 10 heterocycles. The molecule has 10 fully saturated rings. The first-order chi connectivity index (χ1) is 60.8. The van der Waals surface area contributed by atoms with Gasteiger partial charge in [-0.1, -0.05) is 0 Å². The molecule has 34 N–H and O–H groups in total. The van der Waals surface area contributed by atoms with Crippen molar-refractivity contribution in [2.24, 2.45) is 0 Å². The molecule has 0 aromatic heterocycles. The van der Waals surface area contributed by atoms with Crippen molar-refractivity contribution in [1.29, 1.82) is 0 Å². The molecule has 0 radical (unpaired) electrons. The van der Waals surface area contributed by atoms with Crippen molar-refractivity contribution < 1.29 is 267 Å². The number of hydrogen-bond donors (Lipinski definition) is 34. The molecule has 0 aliphatic carbocycles. The molecule has 4 amide bonds. The van der Waals surface area contributed by atoms with E-state index in [1.165, 1.54) is 0 Å². The maximum atomic E-state index is 13.2. The Kier molecular flexibility index (Phi) is 38.0. The maximum absolute atomic E-state index is 13.2. The average molecular weight is 1890 g/mol. The van der Waals surface area contributed by atoms with Gasteiger partial charge in [-0.2, -0.15) is 0 Å². The molecule has 0 spiro atoms. The van der Waals surface area contributed by atoms with Crippen molar-refractivity contribution in [3.05, 3.63) is 0 Å². The van der Waals surface area contributed by atoms with Gasteiger partial charge in [0.05, 0.1) is 78.2 Å². The van der Waals surface area contributed by atoms with Gasteiger partial charge >= 0.3 is 5.97 Å². The van der Waals surface area contributed by atoms with Gasteiger partial charge in [0.15, 0.2) is 56.6 Å². The van der Waals surface area contributed by atoms with Crippen LogP contribution in [0.25, 0.3) is 0 Å². The zero-order valence-corrected chi connectivity index (χ0v) is 68.9. The molecule has 10 aliphatic heterocycles. The summed E-state index contributed by atoms with van der Waals surface area (Å²) in [5.41, 5.74) is 0. The fraction of sp³-hybridized carbons (Fsp3) is 0.930. The normalized spacial score (nSPS) is 48.1. The van der Waals surface area contributed by atoms with Crippen LogP contribution in [0.2, 0.25) is 0 Å². The van der Waals surface area contributed by atoms with E-state index in [4.69, 9.17) is 90.0 Å². The van der Waals surface area contributed by atoms with Gasteiger partial charge in [0, 0.05) is 34.1 Å². The van der Waals surface area contributed by atoms with Gasteiger partial charge in [-0.15, -0.1) is 0 Å². The Balaban J connectivity index is 0.874. The summed E-state index contributed by atoms with van der Waals surface area (Å²) < 4.78 is 111. The topological polar surface area (TPSA) is 916 Å². The van der Waals surface area contributed by atoms with E-state index < -0.39 is 414 Å². The summed E-state index contributed by atoms with van der Waals surface area (Å²) in [6.45, 7) is -7.43. The van der Waals surface area contributed by atoms with Gasteiger partial charge in [0.2, 0.25) is 23.6 Å². The minimum atomic E-state index is -3.27. The number of aliphatic carboxylic acids is 1. The van der Waals surface area contributed by atoms with E-state index in [-0.39, 0.29) is 0 Å². The highest BCUT2D eigenvalue weighted by Crippen LogP contribution is 2.42. The lowest BCUT2D eigenvalue weighted by molar-refractivity contribution is -0.388. The Bertz CT molecular complexity index is 3550. The third kappa shape index (κ3) is 23.6. The van der Waals surface area contributed by atoms with E-state index in [2.05, 4.69) is 21.3 Å². The van der Waals surface area contributed by atoms with Crippen molar-refractivity contribution >= 4 is 29.6 Å². The number of nitrogens with one attached hydrogen (secondary N) is 4. The highest BCUT2D eigenvalue weighted by Gasteiger charge is 2.64. The average Bonchev–Trinajstić information content (AvgIpc) is 0.754. The van der Waals surface area contributed by atoms with Crippen LogP contribution in [0.3, 0.4) is 0 Å². The second kappa shape index (κ2) is 46.1. The number of aliphatic hydroxyl groups is 29. The zero-order chi connectivity index (χ0) is 95.3. The Morgan fingerprint density at radius 3 is 1.04 bits per heavy atom. The Labute approximate surface area is 728 Å². The predicted octanol–water partition coefficient (Wildman–Crippen LogP) is -23.0. The molecule has 10 saturated heterocycles. The number of aliphatic hydroxyl groups excluding tert-OH is 29. The Morgan fingerprint density at radius 1 is 0.318 bits per heavy atom. The lowest BCUT2D eigenvalue weighted by atomic mass is 9.88. The van der Waals surface area contributed by atoms with Gasteiger partial charge in [0.1, 0.15) is 238 Å². The van der Waals surface area contributed by atoms with Crippen molar-refractivity contribution in [2.45, 2.75) is 347 Å². The van der Waals surface area contributed by atoms with Crippen LogP contribution in [0, 0.1) is 0 Å². The molecule has 1 unspecified atom stereocenters. The predicted molar refractivity (Wildman–Crippen MR) is 393 cm³/mol. The Morgan fingerprint density at radius 2 is 0.612 bits per heavy atom. The van der Waals surface area contributed by atoms with Crippen LogP contribution < -0.4 is 21.3 Å². The minimum absolute atomic E-state index is 0.785.